The molecule has 0 saturated carbocycles. The molecule has 1 saturated heterocycles. The molecule has 0 radical (unpaired) electrons. The third-order valence-corrected chi connectivity index (χ3v) is 5.67. The number of nitrogens with zero attached hydrogens (tertiary/aromatic N) is 3. The zero-order chi connectivity index (χ0) is 21.9. The number of pyridine rings is 1. The third-order valence-electron chi connectivity index (χ3n) is 5.45. The monoisotopic (exact) mass is 449 g/mol. The average molecular weight is 450 g/mol. The Morgan fingerprint density at radius 1 is 1.09 bits per heavy atom. The summed E-state index contributed by atoms with van der Waals surface area (Å²) in [5.41, 5.74) is 5.38. The maximum absolute atomic E-state index is 5.85. The molecule has 0 spiro atoms. The molecule has 164 valence electrons. The molecule has 1 aliphatic rings. The molecule has 4 aromatic rings. The van der Waals surface area contributed by atoms with Crippen LogP contribution in [0, 0.1) is 0 Å². The first-order chi connectivity index (χ1) is 15.6. The second kappa shape index (κ2) is 9.06. The van der Waals surface area contributed by atoms with Crippen molar-refractivity contribution >= 4 is 34.3 Å². The van der Waals surface area contributed by atoms with E-state index < -0.39 is 0 Å². The number of ether oxygens (including phenoxy) is 2. The SMILES string of the molecule is Cn1c(NCc2ccc(COc3ccc(Cl)cn3)cc2)nc2ccc(NC3COC3)cc21. The summed E-state index contributed by atoms with van der Waals surface area (Å²) >= 11 is 5.85. The lowest BCUT2D eigenvalue weighted by Crippen LogP contribution is -2.40. The third kappa shape index (κ3) is 4.64. The Balaban J connectivity index is 1.19. The summed E-state index contributed by atoms with van der Waals surface area (Å²) in [7, 11) is 2.03. The van der Waals surface area contributed by atoms with Crippen molar-refractivity contribution in [2.75, 3.05) is 23.8 Å². The Labute approximate surface area is 191 Å². The molecule has 2 N–H and O–H groups in total. The summed E-state index contributed by atoms with van der Waals surface area (Å²) < 4.78 is 13.0. The molecule has 3 heterocycles. The molecule has 0 atom stereocenters. The topological polar surface area (TPSA) is 73.2 Å². The largest absolute Gasteiger partial charge is 0.473 e. The van der Waals surface area contributed by atoms with Crippen LogP contribution in [0.5, 0.6) is 5.88 Å². The minimum Gasteiger partial charge on any atom is -0.473 e. The van der Waals surface area contributed by atoms with Crippen LogP contribution in [0.15, 0.2) is 60.8 Å². The number of benzene rings is 2. The summed E-state index contributed by atoms with van der Waals surface area (Å²) in [6, 6.07) is 18.5. The molecule has 0 bridgehead atoms. The van der Waals surface area contributed by atoms with Gasteiger partial charge in [-0.2, -0.15) is 0 Å². The summed E-state index contributed by atoms with van der Waals surface area (Å²) in [5, 5.41) is 7.52. The lowest BCUT2D eigenvalue weighted by molar-refractivity contribution is 0.0211. The molecular formula is C24H24ClN5O2. The Hall–Kier alpha value is -3.29. The number of aryl methyl sites for hydroxylation is 1. The first-order valence-corrected chi connectivity index (χ1v) is 10.9. The van der Waals surface area contributed by atoms with E-state index in [2.05, 4.69) is 56.6 Å². The van der Waals surface area contributed by atoms with E-state index in [1.807, 2.05) is 13.1 Å². The van der Waals surface area contributed by atoms with Crippen LogP contribution in [0.4, 0.5) is 11.6 Å². The van der Waals surface area contributed by atoms with Crippen LogP contribution in [0.1, 0.15) is 11.1 Å². The number of nitrogens with one attached hydrogen (secondary N) is 2. The highest BCUT2D eigenvalue weighted by atomic mass is 35.5. The lowest BCUT2D eigenvalue weighted by Gasteiger charge is -2.27. The van der Waals surface area contributed by atoms with E-state index in [1.165, 1.54) is 0 Å². The van der Waals surface area contributed by atoms with Gasteiger partial charge in [-0.05, 0) is 35.4 Å². The molecule has 8 heteroatoms. The number of aromatic nitrogens is 3. The maximum atomic E-state index is 5.85. The fraction of sp³-hybridized carbons (Fsp3) is 0.250. The van der Waals surface area contributed by atoms with E-state index in [9.17, 15) is 0 Å². The van der Waals surface area contributed by atoms with Gasteiger partial charge in [0, 0.05) is 31.5 Å². The molecule has 7 nitrogen and oxygen atoms in total. The zero-order valence-electron chi connectivity index (χ0n) is 17.7. The van der Waals surface area contributed by atoms with Gasteiger partial charge < -0.3 is 24.7 Å². The van der Waals surface area contributed by atoms with Crippen LogP contribution in [0.2, 0.25) is 5.02 Å². The van der Waals surface area contributed by atoms with Gasteiger partial charge in [-0.1, -0.05) is 35.9 Å². The Morgan fingerprint density at radius 2 is 1.91 bits per heavy atom. The molecule has 5 rings (SSSR count). The molecule has 32 heavy (non-hydrogen) atoms. The van der Waals surface area contributed by atoms with Crippen molar-refractivity contribution in [1.29, 1.82) is 0 Å². The first kappa shape index (κ1) is 20.6. The van der Waals surface area contributed by atoms with Gasteiger partial charge in [-0.3, -0.25) is 0 Å². The molecule has 0 unspecified atom stereocenters. The van der Waals surface area contributed by atoms with Crippen molar-refractivity contribution in [3.8, 4) is 5.88 Å². The van der Waals surface area contributed by atoms with Gasteiger partial charge in [0.25, 0.3) is 0 Å². The summed E-state index contributed by atoms with van der Waals surface area (Å²) in [6.07, 6.45) is 1.58. The van der Waals surface area contributed by atoms with E-state index >= 15 is 0 Å². The van der Waals surface area contributed by atoms with Crippen LogP contribution in [0.25, 0.3) is 11.0 Å². The second-order valence-corrected chi connectivity index (χ2v) is 8.29. The predicted octanol–water partition coefficient (Wildman–Crippen LogP) is 4.62. The van der Waals surface area contributed by atoms with Crippen molar-refractivity contribution < 1.29 is 9.47 Å². The van der Waals surface area contributed by atoms with Gasteiger partial charge in [-0.25, -0.2) is 9.97 Å². The van der Waals surface area contributed by atoms with Gasteiger partial charge in [0.05, 0.1) is 35.3 Å². The Morgan fingerprint density at radius 3 is 2.62 bits per heavy atom. The van der Waals surface area contributed by atoms with E-state index in [1.54, 1.807) is 18.3 Å². The quantitative estimate of drug-likeness (QED) is 0.409. The number of imidazole rings is 1. The second-order valence-electron chi connectivity index (χ2n) is 7.85. The van der Waals surface area contributed by atoms with Crippen molar-refractivity contribution in [3.63, 3.8) is 0 Å². The number of rotatable bonds is 8. The standard InChI is InChI=1S/C24H24ClN5O2/c1-30-22-10-19(28-20-14-31-15-20)7-8-21(22)29-24(30)27-11-16-2-4-17(5-3-16)13-32-23-9-6-18(25)12-26-23/h2-10,12,20,28H,11,13-15H2,1H3,(H,27,29). The molecule has 2 aromatic carbocycles. The smallest absolute Gasteiger partial charge is 0.213 e. The van der Waals surface area contributed by atoms with Gasteiger partial charge in [0.15, 0.2) is 0 Å². The number of hydrogen-bond acceptors (Lipinski definition) is 6. The first-order valence-electron chi connectivity index (χ1n) is 10.5. The van der Waals surface area contributed by atoms with Crippen molar-refractivity contribution in [2.45, 2.75) is 19.2 Å². The van der Waals surface area contributed by atoms with Crippen molar-refractivity contribution in [2.24, 2.45) is 7.05 Å². The van der Waals surface area contributed by atoms with Gasteiger partial charge in [0.1, 0.15) is 6.61 Å². The molecule has 0 amide bonds. The van der Waals surface area contributed by atoms with Crippen LogP contribution in [0.3, 0.4) is 0 Å². The summed E-state index contributed by atoms with van der Waals surface area (Å²) in [5.74, 6) is 1.40. The number of hydrogen-bond donors (Lipinski definition) is 2. The molecule has 2 aromatic heterocycles. The van der Waals surface area contributed by atoms with E-state index in [0.717, 1.165) is 47.0 Å². The molecule has 1 aliphatic heterocycles. The van der Waals surface area contributed by atoms with Crippen LogP contribution >= 0.6 is 11.6 Å². The minimum atomic E-state index is 0.397. The number of anilines is 2. The fourth-order valence-electron chi connectivity index (χ4n) is 3.53. The van der Waals surface area contributed by atoms with Gasteiger partial charge in [0.2, 0.25) is 11.8 Å². The van der Waals surface area contributed by atoms with Crippen LogP contribution in [-0.2, 0) is 24.9 Å². The number of halogens is 1. The fourth-order valence-corrected chi connectivity index (χ4v) is 3.64. The van der Waals surface area contributed by atoms with Crippen LogP contribution in [-0.4, -0.2) is 33.8 Å². The Kier molecular flexibility index (Phi) is 5.83. The average Bonchev–Trinajstić information content (AvgIpc) is 3.10. The summed E-state index contributed by atoms with van der Waals surface area (Å²) in [6.45, 7) is 2.66. The van der Waals surface area contributed by atoms with Crippen LogP contribution < -0.4 is 15.4 Å². The summed E-state index contributed by atoms with van der Waals surface area (Å²) in [4.78, 5) is 8.88. The minimum absolute atomic E-state index is 0.397. The van der Waals surface area contributed by atoms with E-state index in [-0.39, 0.29) is 0 Å². The van der Waals surface area contributed by atoms with Crippen molar-refractivity contribution in [3.05, 3.63) is 76.9 Å². The number of fused-ring (bicyclic) bond motifs is 1. The molecule has 0 aliphatic carbocycles. The highest BCUT2D eigenvalue weighted by molar-refractivity contribution is 6.30. The predicted molar refractivity (Wildman–Crippen MR) is 126 cm³/mol. The van der Waals surface area contributed by atoms with E-state index in [0.29, 0.717) is 30.1 Å². The molecule has 1 fully saturated rings. The molecular weight excluding hydrogens is 426 g/mol. The Bertz CT molecular complexity index is 1200. The highest BCUT2D eigenvalue weighted by Gasteiger charge is 2.18. The normalized spacial score (nSPS) is 13.7. The van der Waals surface area contributed by atoms with Crippen molar-refractivity contribution in [1.82, 2.24) is 14.5 Å². The van der Waals surface area contributed by atoms with Gasteiger partial charge >= 0.3 is 0 Å². The lowest BCUT2D eigenvalue weighted by atomic mass is 10.1. The zero-order valence-corrected chi connectivity index (χ0v) is 18.5. The highest BCUT2D eigenvalue weighted by Crippen LogP contribution is 2.24. The maximum Gasteiger partial charge on any atom is 0.213 e. The van der Waals surface area contributed by atoms with Gasteiger partial charge in [-0.15, -0.1) is 0 Å². The van der Waals surface area contributed by atoms with E-state index in [4.69, 9.17) is 26.1 Å².